The Hall–Kier alpha value is -2.61. The fourth-order valence-electron chi connectivity index (χ4n) is 2.81. The zero-order chi connectivity index (χ0) is 15.4. The Kier molecular flexibility index (Phi) is 4.19. The van der Waals surface area contributed by atoms with Gasteiger partial charge in [0.1, 0.15) is 24.0 Å². The molecule has 1 atom stereocenters. The molecule has 0 spiro atoms. The van der Waals surface area contributed by atoms with E-state index in [0.29, 0.717) is 17.3 Å². The number of nitrogens with zero attached hydrogens (tertiary/aromatic N) is 4. The second-order valence-electron chi connectivity index (χ2n) is 5.74. The van der Waals surface area contributed by atoms with E-state index in [1.165, 1.54) is 12.8 Å². The summed E-state index contributed by atoms with van der Waals surface area (Å²) in [5.41, 5.74) is 1.37. The first kappa shape index (κ1) is 14.3. The summed E-state index contributed by atoms with van der Waals surface area (Å²) in [6, 6.07) is 11.6. The highest BCUT2D eigenvalue weighted by atomic mass is 15.2. The molecule has 1 saturated heterocycles. The monoisotopic (exact) mass is 293 g/mol. The van der Waals surface area contributed by atoms with Gasteiger partial charge in [0.2, 0.25) is 0 Å². The molecule has 2 aromatic rings. The van der Waals surface area contributed by atoms with Gasteiger partial charge in [-0.25, -0.2) is 9.97 Å². The fraction of sp³-hybridized carbons (Fsp3) is 0.353. The molecule has 5 nitrogen and oxygen atoms in total. The maximum absolute atomic E-state index is 9.15. The summed E-state index contributed by atoms with van der Waals surface area (Å²) in [7, 11) is 0. The normalized spacial score (nSPS) is 17.8. The maximum Gasteiger partial charge on any atom is 0.135 e. The smallest absolute Gasteiger partial charge is 0.135 e. The molecular weight excluding hydrogens is 274 g/mol. The van der Waals surface area contributed by atoms with Gasteiger partial charge in [-0.15, -0.1) is 0 Å². The molecular formula is C17H19N5. The standard InChI is InChI=1S/C17H19N5/c1-13-5-4-8-22(11-13)17-9-16(19-12-20-17)21-15-7-3-2-6-14(15)10-18/h2-3,6-7,9,12-13H,4-5,8,11H2,1H3,(H,19,20,21). The van der Waals surface area contributed by atoms with Gasteiger partial charge in [-0.3, -0.25) is 0 Å². The molecule has 112 valence electrons. The Morgan fingerprint density at radius 3 is 3.00 bits per heavy atom. The van der Waals surface area contributed by atoms with Crippen LogP contribution >= 0.6 is 0 Å². The lowest BCUT2D eigenvalue weighted by atomic mass is 10.0. The van der Waals surface area contributed by atoms with Gasteiger partial charge < -0.3 is 10.2 Å². The molecule has 1 unspecified atom stereocenters. The van der Waals surface area contributed by atoms with E-state index < -0.39 is 0 Å². The van der Waals surface area contributed by atoms with Crippen LogP contribution in [0.25, 0.3) is 0 Å². The molecule has 0 saturated carbocycles. The Labute approximate surface area is 130 Å². The van der Waals surface area contributed by atoms with E-state index in [0.717, 1.165) is 24.6 Å². The number of piperidine rings is 1. The van der Waals surface area contributed by atoms with Crippen molar-refractivity contribution in [3.63, 3.8) is 0 Å². The van der Waals surface area contributed by atoms with Crippen molar-refractivity contribution in [1.82, 2.24) is 9.97 Å². The minimum atomic E-state index is 0.606. The van der Waals surface area contributed by atoms with Crippen molar-refractivity contribution in [1.29, 1.82) is 5.26 Å². The van der Waals surface area contributed by atoms with Gasteiger partial charge >= 0.3 is 0 Å². The van der Waals surface area contributed by atoms with E-state index in [-0.39, 0.29) is 0 Å². The number of nitriles is 1. The predicted octanol–water partition coefficient (Wildman–Crippen LogP) is 3.33. The number of rotatable bonds is 3. The van der Waals surface area contributed by atoms with Crippen LogP contribution in [0, 0.1) is 17.2 Å². The van der Waals surface area contributed by atoms with Gasteiger partial charge in [0, 0.05) is 19.2 Å². The van der Waals surface area contributed by atoms with E-state index in [4.69, 9.17) is 5.26 Å². The van der Waals surface area contributed by atoms with Gasteiger partial charge in [0.05, 0.1) is 11.3 Å². The van der Waals surface area contributed by atoms with Crippen LogP contribution in [0.2, 0.25) is 0 Å². The van der Waals surface area contributed by atoms with Crippen molar-refractivity contribution in [2.45, 2.75) is 19.8 Å². The molecule has 5 heteroatoms. The largest absolute Gasteiger partial charge is 0.356 e. The lowest BCUT2D eigenvalue weighted by Gasteiger charge is -2.31. The number of nitrogens with one attached hydrogen (secondary N) is 1. The second-order valence-corrected chi connectivity index (χ2v) is 5.74. The molecule has 0 aliphatic carbocycles. The number of aromatic nitrogens is 2. The first-order valence-corrected chi connectivity index (χ1v) is 7.59. The number of para-hydroxylation sites is 1. The lowest BCUT2D eigenvalue weighted by molar-refractivity contribution is 0.444. The second kappa shape index (κ2) is 6.44. The van der Waals surface area contributed by atoms with Gasteiger partial charge in [-0.2, -0.15) is 5.26 Å². The Balaban J connectivity index is 1.81. The highest BCUT2D eigenvalue weighted by Crippen LogP contribution is 2.24. The topological polar surface area (TPSA) is 64.8 Å². The van der Waals surface area contributed by atoms with Crippen molar-refractivity contribution in [3.05, 3.63) is 42.2 Å². The van der Waals surface area contributed by atoms with Crippen LogP contribution in [0.1, 0.15) is 25.3 Å². The van der Waals surface area contributed by atoms with Crippen molar-refractivity contribution in [2.75, 3.05) is 23.3 Å². The average Bonchev–Trinajstić information content (AvgIpc) is 2.56. The summed E-state index contributed by atoms with van der Waals surface area (Å²) in [6.45, 7) is 4.34. The minimum absolute atomic E-state index is 0.606. The van der Waals surface area contributed by atoms with Gasteiger partial charge in [-0.05, 0) is 30.9 Å². The van der Waals surface area contributed by atoms with Crippen LogP contribution in [-0.2, 0) is 0 Å². The number of anilines is 3. The van der Waals surface area contributed by atoms with Gasteiger partial charge in [0.15, 0.2) is 0 Å². The highest BCUT2D eigenvalue weighted by Gasteiger charge is 2.18. The third-order valence-corrected chi connectivity index (χ3v) is 3.94. The molecule has 3 rings (SSSR count). The maximum atomic E-state index is 9.15. The fourth-order valence-corrected chi connectivity index (χ4v) is 2.81. The highest BCUT2D eigenvalue weighted by molar-refractivity contribution is 5.65. The molecule has 1 fully saturated rings. The van der Waals surface area contributed by atoms with Crippen LogP contribution in [0.15, 0.2) is 36.7 Å². The van der Waals surface area contributed by atoms with Crippen molar-refractivity contribution >= 4 is 17.3 Å². The first-order valence-electron chi connectivity index (χ1n) is 7.59. The van der Waals surface area contributed by atoms with Crippen molar-refractivity contribution in [2.24, 2.45) is 5.92 Å². The number of hydrogen-bond donors (Lipinski definition) is 1. The summed E-state index contributed by atoms with van der Waals surface area (Å²) in [6.07, 6.45) is 4.05. The number of benzene rings is 1. The summed E-state index contributed by atoms with van der Waals surface area (Å²) in [4.78, 5) is 11.0. The third-order valence-electron chi connectivity index (χ3n) is 3.94. The molecule has 0 radical (unpaired) electrons. The zero-order valence-corrected chi connectivity index (χ0v) is 12.7. The molecule has 1 aliphatic heterocycles. The molecule has 1 aromatic carbocycles. The van der Waals surface area contributed by atoms with E-state index in [1.807, 2.05) is 24.3 Å². The Bertz CT molecular complexity index is 691. The predicted molar refractivity (Wildman–Crippen MR) is 87.1 cm³/mol. The minimum Gasteiger partial charge on any atom is -0.356 e. The van der Waals surface area contributed by atoms with Gasteiger partial charge in [0.25, 0.3) is 0 Å². The van der Waals surface area contributed by atoms with Crippen molar-refractivity contribution in [3.8, 4) is 6.07 Å². The first-order chi connectivity index (χ1) is 10.8. The van der Waals surface area contributed by atoms with Crippen LogP contribution in [0.5, 0.6) is 0 Å². The average molecular weight is 293 g/mol. The SMILES string of the molecule is CC1CCCN(c2cc(Nc3ccccc3C#N)ncn2)C1. The van der Waals surface area contributed by atoms with Crippen molar-refractivity contribution < 1.29 is 0 Å². The Morgan fingerprint density at radius 1 is 1.32 bits per heavy atom. The van der Waals surface area contributed by atoms with E-state index in [2.05, 4.69) is 33.2 Å². The van der Waals surface area contributed by atoms with E-state index >= 15 is 0 Å². The van der Waals surface area contributed by atoms with Crippen LogP contribution in [-0.4, -0.2) is 23.1 Å². The molecule has 1 aliphatic rings. The number of hydrogen-bond acceptors (Lipinski definition) is 5. The summed E-state index contributed by atoms with van der Waals surface area (Å²) in [5, 5.41) is 12.4. The van der Waals surface area contributed by atoms with Crippen LogP contribution < -0.4 is 10.2 Å². The van der Waals surface area contributed by atoms with E-state index in [9.17, 15) is 0 Å². The summed E-state index contributed by atoms with van der Waals surface area (Å²) in [5.74, 6) is 2.35. The molecule has 0 bridgehead atoms. The quantitative estimate of drug-likeness (QED) is 0.940. The molecule has 0 amide bonds. The Morgan fingerprint density at radius 2 is 2.18 bits per heavy atom. The van der Waals surface area contributed by atoms with Gasteiger partial charge in [-0.1, -0.05) is 19.1 Å². The zero-order valence-electron chi connectivity index (χ0n) is 12.7. The van der Waals surface area contributed by atoms with Crippen LogP contribution in [0.4, 0.5) is 17.3 Å². The molecule has 1 N–H and O–H groups in total. The summed E-state index contributed by atoms with van der Waals surface area (Å²) >= 11 is 0. The molecule has 22 heavy (non-hydrogen) atoms. The third kappa shape index (κ3) is 3.17. The molecule has 2 heterocycles. The van der Waals surface area contributed by atoms with E-state index in [1.54, 1.807) is 12.4 Å². The lowest BCUT2D eigenvalue weighted by Crippen LogP contribution is -2.34. The van der Waals surface area contributed by atoms with Crippen LogP contribution in [0.3, 0.4) is 0 Å². The summed E-state index contributed by atoms with van der Waals surface area (Å²) < 4.78 is 0. The molecule has 1 aromatic heterocycles.